The van der Waals surface area contributed by atoms with E-state index in [1.165, 1.54) is 0 Å². The van der Waals surface area contributed by atoms with Gasteiger partial charge in [0.1, 0.15) is 5.69 Å². The smallest absolute Gasteiger partial charge is 0.267 e. The fourth-order valence-electron chi connectivity index (χ4n) is 1.92. The van der Waals surface area contributed by atoms with Crippen LogP contribution in [0.3, 0.4) is 0 Å². The van der Waals surface area contributed by atoms with E-state index in [1.54, 1.807) is 13.0 Å². The van der Waals surface area contributed by atoms with Crippen molar-refractivity contribution < 1.29 is 15.0 Å². The summed E-state index contributed by atoms with van der Waals surface area (Å²) in [5.74, 6) is -0.282. The lowest BCUT2D eigenvalue weighted by Gasteiger charge is -2.22. The van der Waals surface area contributed by atoms with Crippen LogP contribution in [0.2, 0.25) is 0 Å². The van der Waals surface area contributed by atoms with Gasteiger partial charge in [-0.2, -0.15) is 0 Å². The summed E-state index contributed by atoms with van der Waals surface area (Å²) in [6.07, 6.45) is 0.215. The quantitative estimate of drug-likeness (QED) is 0.669. The van der Waals surface area contributed by atoms with Gasteiger partial charge in [0.25, 0.3) is 5.91 Å². The van der Waals surface area contributed by atoms with E-state index in [0.717, 1.165) is 15.4 Å². The average molecular weight is 341 g/mol. The molecule has 0 fully saturated rings. The van der Waals surface area contributed by atoms with Crippen LogP contribution in [0.5, 0.6) is 0 Å². The highest BCUT2D eigenvalue weighted by molar-refractivity contribution is 9.10. The maximum absolute atomic E-state index is 12.0. The molecule has 2 aromatic rings. The minimum Gasteiger partial charge on any atom is -0.396 e. The molecule has 108 valence electrons. The summed E-state index contributed by atoms with van der Waals surface area (Å²) in [4.78, 5) is 15.0. The first-order valence-electron chi connectivity index (χ1n) is 6.31. The second kappa shape index (κ2) is 5.95. The number of benzene rings is 1. The number of aromatic nitrogens is 1. The number of aliphatic hydroxyl groups is 2. The summed E-state index contributed by atoms with van der Waals surface area (Å²) in [6, 6.07) is 7.46. The second-order valence-electron chi connectivity index (χ2n) is 5.07. The molecule has 0 saturated carbocycles. The van der Waals surface area contributed by atoms with E-state index in [0.29, 0.717) is 5.69 Å². The lowest BCUT2D eigenvalue weighted by molar-refractivity contribution is 0.0323. The van der Waals surface area contributed by atoms with E-state index in [2.05, 4.69) is 26.2 Å². The summed E-state index contributed by atoms with van der Waals surface area (Å²) in [7, 11) is 0. The van der Waals surface area contributed by atoms with Gasteiger partial charge in [-0.1, -0.05) is 15.9 Å². The van der Waals surface area contributed by atoms with Gasteiger partial charge in [-0.15, -0.1) is 0 Å². The molecular weight excluding hydrogens is 324 g/mol. The number of H-pyrrole nitrogens is 1. The van der Waals surface area contributed by atoms with Crippen LogP contribution in [-0.2, 0) is 0 Å². The normalized spacial score (nSPS) is 14.2. The first-order chi connectivity index (χ1) is 9.41. The summed E-state index contributed by atoms with van der Waals surface area (Å²) in [5, 5.41) is 22.3. The van der Waals surface area contributed by atoms with Crippen LogP contribution in [-0.4, -0.2) is 39.9 Å². The van der Waals surface area contributed by atoms with Crippen LogP contribution >= 0.6 is 15.9 Å². The van der Waals surface area contributed by atoms with Crippen LogP contribution in [0.15, 0.2) is 28.7 Å². The molecule has 0 aliphatic carbocycles. The number of fused-ring (bicyclic) bond motifs is 1. The third kappa shape index (κ3) is 3.59. The van der Waals surface area contributed by atoms with Crippen molar-refractivity contribution in [2.45, 2.75) is 18.9 Å². The van der Waals surface area contributed by atoms with Crippen LogP contribution in [0.1, 0.15) is 23.8 Å². The van der Waals surface area contributed by atoms with Crippen molar-refractivity contribution in [3.63, 3.8) is 0 Å². The van der Waals surface area contributed by atoms with Crippen molar-refractivity contribution in [1.29, 1.82) is 0 Å². The van der Waals surface area contributed by atoms with Gasteiger partial charge < -0.3 is 20.5 Å². The summed E-state index contributed by atoms with van der Waals surface area (Å²) in [6.45, 7) is 1.54. The number of aliphatic hydroxyl groups excluding tert-OH is 1. The molecule has 0 bridgehead atoms. The van der Waals surface area contributed by atoms with Gasteiger partial charge in [0.05, 0.1) is 5.60 Å². The Balaban J connectivity index is 2.08. The highest BCUT2D eigenvalue weighted by Crippen LogP contribution is 2.20. The number of halogens is 1. The van der Waals surface area contributed by atoms with E-state index in [4.69, 9.17) is 5.11 Å². The van der Waals surface area contributed by atoms with E-state index in [-0.39, 0.29) is 25.5 Å². The molecule has 1 aromatic carbocycles. The Kier molecular flexibility index (Phi) is 4.47. The molecule has 1 atom stereocenters. The number of hydrogen-bond donors (Lipinski definition) is 4. The van der Waals surface area contributed by atoms with Crippen LogP contribution in [0.25, 0.3) is 10.9 Å². The Morgan fingerprint density at radius 2 is 2.20 bits per heavy atom. The van der Waals surface area contributed by atoms with Crippen molar-refractivity contribution in [1.82, 2.24) is 10.3 Å². The molecule has 2 rings (SSSR count). The van der Waals surface area contributed by atoms with Gasteiger partial charge in [-0.25, -0.2) is 0 Å². The highest BCUT2D eigenvalue weighted by atomic mass is 79.9. The molecule has 0 saturated heterocycles. The lowest BCUT2D eigenvalue weighted by atomic mass is 10.0. The van der Waals surface area contributed by atoms with E-state index in [1.807, 2.05) is 18.2 Å². The van der Waals surface area contributed by atoms with Crippen molar-refractivity contribution in [3.8, 4) is 0 Å². The fraction of sp³-hybridized carbons (Fsp3) is 0.357. The first-order valence-corrected chi connectivity index (χ1v) is 7.10. The first kappa shape index (κ1) is 15.0. The number of hydrogen-bond acceptors (Lipinski definition) is 3. The third-order valence-corrected chi connectivity index (χ3v) is 3.60. The molecule has 5 nitrogen and oxygen atoms in total. The molecule has 1 heterocycles. The summed E-state index contributed by atoms with van der Waals surface area (Å²) in [5.41, 5.74) is 0.206. The van der Waals surface area contributed by atoms with E-state index < -0.39 is 5.60 Å². The standard InChI is InChI=1S/C14H17BrN2O3/c1-14(20,4-5-18)8-16-13(19)12-7-9-6-10(15)2-3-11(9)17-12/h2-3,6-7,17-18,20H,4-5,8H2,1H3,(H,16,19). The fourth-order valence-corrected chi connectivity index (χ4v) is 2.30. The molecule has 20 heavy (non-hydrogen) atoms. The zero-order chi connectivity index (χ0) is 14.8. The second-order valence-corrected chi connectivity index (χ2v) is 5.98. The zero-order valence-corrected chi connectivity index (χ0v) is 12.7. The molecule has 0 spiro atoms. The van der Waals surface area contributed by atoms with E-state index in [9.17, 15) is 9.90 Å². The molecule has 1 aromatic heterocycles. The predicted molar refractivity (Wildman–Crippen MR) is 80.7 cm³/mol. The largest absolute Gasteiger partial charge is 0.396 e. The SMILES string of the molecule is CC(O)(CCO)CNC(=O)c1cc2cc(Br)ccc2[nH]1. The van der Waals surface area contributed by atoms with Crippen LogP contribution in [0, 0.1) is 0 Å². The molecular formula is C14H17BrN2O3. The number of nitrogens with one attached hydrogen (secondary N) is 2. The van der Waals surface area contributed by atoms with Gasteiger partial charge in [-0.05, 0) is 31.2 Å². The van der Waals surface area contributed by atoms with Gasteiger partial charge >= 0.3 is 0 Å². The Bertz CT molecular complexity index is 622. The highest BCUT2D eigenvalue weighted by Gasteiger charge is 2.21. The molecule has 1 unspecified atom stereocenters. The molecule has 4 N–H and O–H groups in total. The Hall–Kier alpha value is -1.37. The number of aromatic amines is 1. The van der Waals surface area contributed by atoms with Crippen molar-refractivity contribution >= 4 is 32.7 Å². The minimum absolute atomic E-state index is 0.0887. The molecule has 0 aliphatic rings. The van der Waals surface area contributed by atoms with Gasteiger partial charge in [0.2, 0.25) is 0 Å². The maximum Gasteiger partial charge on any atom is 0.267 e. The van der Waals surface area contributed by atoms with Gasteiger partial charge in [-0.3, -0.25) is 4.79 Å². The zero-order valence-electron chi connectivity index (χ0n) is 11.1. The maximum atomic E-state index is 12.0. The monoisotopic (exact) mass is 340 g/mol. The summed E-state index contributed by atoms with van der Waals surface area (Å²) < 4.78 is 0.946. The van der Waals surface area contributed by atoms with Crippen molar-refractivity contribution in [2.75, 3.05) is 13.2 Å². The summed E-state index contributed by atoms with van der Waals surface area (Å²) >= 11 is 3.38. The van der Waals surface area contributed by atoms with Crippen molar-refractivity contribution in [2.24, 2.45) is 0 Å². The number of carbonyl (C=O) groups is 1. The topological polar surface area (TPSA) is 85.3 Å². The van der Waals surface area contributed by atoms with E-state index >= 15 is 0 Å². The molecule has 1 amide bonds. The van der Waals surface area contributed by atoms with Crippen molar-refractivity contribution in [3.05, 3.63) is 34.4 Å². The Morgan fingerprint density at radius 1 is 1.45 bits per heavy atom. The third-order valence-electron chi connectivity index (χ3n) is 3.11. The molecule has 0 aliphatic heterocycles. The predicted octanol–water partition coefficient (Wildman–Crippen LogP) is 1.79. The van der Waals surface area contributed by atoms with Gasteiger partial charge in [0, 0.05) is 34.9 Å². The minimum atomic E-state index is -1.11. The Labute approximate surface area is 125 Å². The Morgan fingerprint density at radius 3 is 2.90 bits per heavy atom. The number of carbonyl (C=O) groups excluding carboxylic acids is 1. The molecule has 0 radical (unpaired) electrons. The average Bonchev–Trinajstić information content (AvgIpc) is 2.79. The molecule has 6 heteroatoms. The van der Waals surface area contributed by atoms with Crippen LogP contribution < -0.4 is 5.32 Å². The van der Waals surface area contributed by atoms with Gasteiger partial charge in [0.15, 0.2) is 0 Å². The van der Waals surface area contributed by atoms with Crippen LogP contribution in [0.4, 0.5) is 0 Å². The number of rotatable bonds is 5. The number of amides is 1. The lowest BCUT2D eigenvalue weighted by Crippen LogP contribution is -2.41.